The van der Waals surface area contributed by atoms with E-state index in [-0.39, 0.29) is 28.9 Å². The molecule has 2 bridgehead atoms. The quantitative estimate of drug-likeness (QED) is 0.735. The van der Waals surface area contributed by atoms with Crippen LogP contribution in [-0.2, 0) is 4.79 Å². The third-order valence-corrected chi connectivity index (χ3v) is 6.52. The zero-order valence-electron chi connectivity index (χ0n) is 16.5. The van der Waals surface area contributed by atoms with E-state index in [2.05, 4.69) is 15.1 Å². The number of carbonyl (C=O) groups is 1. The van der Waals surface area contributed by atoms with Gasteiger partial charge in [0.25, 0.3) is 0 Å². The van der Waals surface area contributed by atoms with Gasteiger partial charge in [-0.15, -0.1) is 0 Å². The Bertz CT molecular complexity index is 1070. The van der Waals surface area contributed by atoms with E-state index < -0.39 is 17.7 Å². The molecule has 1 aromatic carbocycles. The Morgan fingerprint density at radius 2 is 1.97 bits per heavy atom. The van der Waals surface area contributed by atoms with E-state index in [9.17, 15) is 13.6 Å². The highest BCUT2D eigenvalue weighted by molar-refractivity contribution is 5.83. The second kappa shape index (κ2) is 7.38. The molecule has 1 amide bonds. The molecule has 7 nitrogen and oxygen atoms in total. The molecule has 158 valence electrons. The maximum atomic E-state index is 13.7. The average molecular weight is 423 g/mol. The first-order valence-electron chi connectivity index (χ1n) is 10.1. The first kappa shape index (κ1) is 19.5. The molecule has 31 heavy (non-hydrogen) atoms. The van der Waals surface area contributed by atoms with Gasteiger partial charge in [-0.05, 0) is 42.9 Å². The minimum Gasteiger partial charge on any atom is -0.476 e. The smallest absolute Gasteiger partial charge is 0.246 e. The van der Waals surface area contributed by atoms with Gasteiger partial charge in [0.2, 0.25) is 11.8 Å². The number of rotatable bonds is 5. The summed E-state index contributed by atoms with van der Waals surface area (Å²) >= 11 is 0. The van der Waals surface area contributed by atoms with Crippen molar-refractivity contribution in [2.75, 3.05) is 6.61 Å². The topological polar surface area (TPSA) is 91.5 Å². The molecule has 0 radical (unpaired) electrons. The van der Waals surface area contributed by atoms with Crippen molar-refractivity contribution in [3.05, 3.63) is 53.5 Å². The van der Waals surface area contributed by atoms with Gasteiger partial charge in [0.15, 0.2) is 5.69 Å². The van der Waals surface area contributed by atoms with Gasteiger partial charge in [-0.3, -0.25) is 4.79 Å². The average Bonchev–Trinajstić information content (AvgIpc) is 3.44. The van der Waals surface area contributed by atoms with Crippen LogP contribution >= 0.6 is 0 Å². The SMILES string of the molecule is N#Cc1cnc(OCC23CC(C2)[C@@H](C(=O)N2N=CCC2c2cc(F)cc(F)c2)C3)cn1. The van der Waals surface area contributed by atoms with Gasteiger partial charge in [-0.25, -0.2) is 23.8 Å². The molecule has 6 rings (SSSR count). The summed E-state index contributed by atoms with van der Waals surface area (Å²) in [6, 6.07) is 4.75. The number of benzene rings is 1. The van der Waals surface area contributed by atoms with E-state index in [0.29, 0.717) is 30.9 Å². The molecule has 2 atom stereocenters. The third kappa shape index (κ3) is 3.52. The lowest BCUT2D eigenvalue weighted by Crippen LogP contribution is -2.36. The summed E-state index contributed by atoms with van der Waals surface area (Å²) in [7, 11) is 0. The lowest BCUT2D eigenvalue weighted by molar-refractivity contribution is -0.138. The number of nitrogens with zero attached hydrogens (tertiary/aromatic N) is 5. The van der Waals surface area contributed by atoms with Crippen LogP contribution in [0.2, 0.25) is 0 Å². The van der Waals surface area contributed by atoms with Gasteiger partial charge >= 0.3 is 0 Å². The van der Waals surface area contributed by atoms with Crippen molar-refractivity contribution in [3.8, 4) is 11.9 Å². The first-order valence-corrected chi connectivity index (χ1v) is 10.1. The van der Waals surface area contributed by atoms with Crippen molar-refractivity contribution in [1.29, 1.82) is 5.26 Å². The Kier molecular flexibility index (Phi) is 4.65. The molecule has 0 saturated heterocycles. The molecular weight excluding hydrogens is 404 g/mol. The number of halogens is 2. The lowest BCUT2D eigenvalue weighted by Gasteiger charge is -2.38. The molecule has 9 heteroatoms. The summed E-state index contributed by atoms with van der Waals surface area (Å²) in [4.78, 5) is 21.3. The fraction of sp³-hybridized carbons (Fsp3) is 0.409. The molecule has 1 aliphatic heterocycles. The van der Waals surface area contributed by atoms with E-state index in [1.54, 1.807) is 6.21 Å². The summed E-state index contributed by atoms with van der Waals surface area (Å²) < 4.78 is 33.1. The summed E-state index contributed by atoms with van der Waals surface area (Å²) in [5.41, 5.74) is 0.538. The number of ether oxygens (including phenoxy) is 1. The summed E-state index contributed by atoms with van der Waals surface area (Å²) in [6.45, 7) is 0.426. The fourth-order valence-electron chi connectivity index (χ4n) is 5.12. The minimum absolute atomic E-state index is 0.0928. The molecule has 2 heterocycles. The molecular formula is C22H19F2N5O2. The van der Waals surface area contributed by atoms with Crippen LogP contribution in [0.1, 0.15) is 43.0 Å². The molecule has 1 aromatic heterocycles. The number of hydrogen-bond donors (Lipinski definition) is 0. The van der Waals surface area contributed by atoms with E-state index in [0.717, 1.165) is 18.9 Å². The number of aromatic nitrogens is 2. The fourth-order valence-corrected chi connectivity index (χ4v) is 5.12. The second-order valence-corrected chi connectivity index (χ2v) is 8.55. The molecule has 3 aliphatic carbocycles. The number of amides is 1. The summed E-state index contributed by atoms with van der Waals surface area (Å²) in [5.74, 6) is -1.02. The number of carbonyl (C=O) groups excluding carboxylic acids is 1. The highest BCUT2D eigenvalue weighted by atomic mass is 19.1. The maximum absolute atomic E-state index is 13.7. The number of nitriles is 1. The second-order valence-electron chi connectivity index (χ2n) is 8.55. The van der Waals surface area contributed by atoms with Gasteiger partial charge in [0, 0.05) is 30.0 Å². The Morgan fingerprint density at radius 1 is 1.19 bits per heavy atom. The first-order chi connectivity index (χ1) is 15.0. The van der Waals surface area contributed by atoms with Gasteiger partial charge in [-0.2, -0.15) is 10.4 Å². The lowest BCUT2D eigenvalue weighted by atomic mass is 9.70. The van der Waals surface area contributed by atoms with E-state index in [1.807, 2.05) is 6.07 Å². The van der Waals surface area contributed by atoms with Gasteiger partial charge in [0.05, 0.1) is 25.0 Å². The maximum Gasteiger partial charge on any atom is 0.246 e. The van der Waals surface area contributed by atoms with E-state index in [4.69, 9.17) is 10.00 Å². The predicted octanol–water partition coefficient (Wildman–Crippen LogP) is 3.38. The highest BCUT2D eigenvalue weighted by Gasteiger charge is 2.59. The number of hydrogen-bond acceptors (Lipinski definition) is 6. The van der Waals surface area contributed by atoms with Gasteiger partial charge < -0.3 is 4.74 Å². The van der Waals surface area contributed by atoms with Crippen LogP contribution < -0.4 is 4.74 Å². The molecule has 3 fully saturated rings. The van der Waals surface area contributed by atoms with Crippen molar-refractivity contribution in [2.24, 2.45) is 22.4 Å². The third-order valence-electron chi connectivity index (χ3n) is 6.52. The standard InChI is InChI=1S/C22H19F2N5O2/c23-15-3-13(4-16(24)5-15)19-1-2-28-29(19)21(30)18-8-22(6-14(18)7-22)12-31-20-11-26-17(9-25)10-27-20/h2-5,10-11,14,18-19H,1,6-8,12H2/t14?,18-,19?,22?/m0/s1. The zero-order valence-corrected chi connectivity index (χ0v) is 16.5. The number of hydrazone groups is 1. The molecule has 3 saturated carbocycles. The number of fused-ring (bicyclic) bond motifs is 1. The molecule has 1 unspecified atom stereocenters. The minimum atomic E-state index is -0.667. The van der Waals surface area contributed by atoms with E-state index >= 15 is 0 Å². The van der Waals surface area contributed by atoms with Crippen LogP contribution in [-0.4, -0.2) is 33.7 Å². The Balaban J connectivity index is 1.25. The zero-order chi connectivity index (χ0) is 21.6. The van der Waals surface area contributed by atoms with Gasteiger partial charge in [0.1, 0.15) is 17.7 Å². The van der Waals surface area contributed by atoms with Crippen LogP contribution in [0.5, 0.6) is 5.88 Å². The summed E-state index contributed by atoms with van der Waals surface area (Å²) in [6.07, 6.45) is 7.26. The Hall–Kier alpha value is -3.41. The summed E-state index contributed by atoms with van der Waals surface area (Å²) in [5, 5.41) is 14.4. The van der Waals surface area contributed by atoms with Crippen LogP contribution in [0.3, 0.4) is 0 Å². The van der Waals surface area contributed by atoms with Crippen molar-refractivity contribution in [3.63, 3.8) is 0 Å². The van der Waals surface area contributed by atoms with Crippen LogP contribution in [0, 0.1) is 40.2 Å². The normalized spacial score (nSPS) is 28.3. The molecule has 0 N–H and O–H groups in total. The predicted molar refractivity (Wildman–Crippen MR) is 105 cm³/mol. The van der Waals surface area contributed by atoms with Crippen molar-refractivity contribution in [2.45, 2.75) is 31.7 Å². The van der Waals surface area contributed by atoms with Crippen LogP contribution in [0.25, 0.3) is 0 Å². The van der Waals surface area contributed by atoms with Crippen molar-refractivity contribution in [1.82, 2.24) is 15.0 Å². The van der Waals surface area contributed by atoms with E-state index in [1.165, 1.54) is 29.5 Å². The van der Waals surface area contributed by atoms with Crippen molar-refractivity contribution < 1.29 is 18.3 Å². The molecule has 2 aromatic rings. The van der Waals surface area contributed by atoms with Crippen LogP contribution in [0.15, 0.2) is 35.7 Å². The van der Waals surface area contributed by atoms with Crippen molar-refractivity contribution >= 4 is 12.1 Å². The monoisotopic (exact) mass is 423 g/mol. The largest absolute Gasteiger partial charge is 0.476 e. The Morgan fingerprint density at radius 3 is 2.65 bits per heavy atom. The Labute approximate surface area is 177 Å². The van der Waals surface area contributed by atoms with Gasteiger partial charge in [-0.1, -0.05) is 0 Å². The highest BCUT2D eigenvalue weighted by Crippen LogP contribution is 2.62. The molecule has 0 spiro atoms. The van der Waals surface area contributed by atoms with Crippen LogP contribution in [0.4, 0.5) is 8.78 Å². The molecule has 4 aliphatic rings.